The fourth-order valence-electron chi connectivity index (χ4n) is 10.8. The van der Waals surface area contributed by atoms with Gasteiger partial charge in [-0.2, -0.15) is 0 Å². The zero-order valence-electron chi connectivity index (χ0n) is 31.4. The third-order valence-electron chi connectivity index (χ3n) is 13.0. The molecule has 47 heavy (non-hydrogen) atoms. The van der Waals surface area contributed by atoms with E-state index in [1.807, 2.05) is 6.08 Å². The minimum absolute atomic E-state index is 0.0465. The van der Waals surface area contributed by atoms with Crippen molar-refractivity contribution in [3.63, 3.8) is 0 Å². The molecule has 0 nitrogen and oxygen atoms in total. The normalized spacial score (nSPS) is 25.7. The summed E-state index contributed by atoms with van der Waals surface area (Å²) in [6, 6.07) is 0. The van der Waals surface area contributed by atoms with Crippen molar-refractivity contribution in [3.05, 3.63) is 6.08 Å². The van der Waals surface area contributed by atoms with E-state index in [0.717, 1.165) is 0 Å². The van der Waals surface area contributed by atoms with Crippen molar-refractivity contribution < 1.29 is 13.5 Å². The van der Waals surface area contributed by atoms with Crippen molar-refractivity contribution in [2.75, 3.05) is 0 Å². The van der Waals surface area contributed by atoms with E-state index in [1.54, 1.807) is 193 Å². The van der Waals surface area contributed by atoms with Crippen LogP contribution in [0.4, 0.5) is 0 Å². The Balaban J connectivity index is 0.000000171. The van der Waals surface area contributed by atoms with Crippen LogP contribution in [0.5, 0.6) is 0 Å². The molecule has 6 aliphatic rings. The van der Waals surface area contributed by atoms with Gasteiger partial charge in [0.1, 0.15) is 0 Å². The monoisotopic (exact) mass is 816 g/mol. The van der Waals surface area contributed by atoms with E-state index < -0.39 is 13.5 Å². The van der Waals surface area contributed by atoms with Gasteiger partial charge in [0.15, 0.2) is 0 Å². The first-order valence-electron chi connectivity index (χ1n) is 21.2. The van der Waals surface area contributed by atoms with E-state index in [0.29, 0.717) is 0 Å². The Morgan fingerprint density at radius 3 is 0.723 bits per heavy atom. The van der Waals surface area contributed by atoms with Crippen molar-refractivity contribution in [1.29, 1.82) is 0 Å². The average molecular weight is 817 g/mol. The first-order valence-corrected chi connectivity index (χ1v) is 30.0. The molecular formula is C42H78Cl2P2Ru+2. The van der Waals surface area contributed by atoms with Gasteiger partial charge >= 0.3 is 69.4 Å². The molecule has 0 radical (unpaired) electrons. The van der Waals surface area contributed by atoms with Crippen LogP contribution in [0.1, 0.15) is 213 Å². The Morgan fingerprint density at radius 1 is 0.404 bits per heavy atom. The number of rotatable bonds is 6. The zero-order valence-corrected chi connectivity index (χ0v) is 36.6. The minimum atomic E-state index is -1.67. The van der Waals surface area contributed by atoms with Crippen LogP contribution < -0.4 is 0 Å². The summed E-state index contributed by atoms with van der Waals surface area (Å²) < 4.78 is 2.93. The van der Waals surface area contributed by atoms with Crippen LogP contribution in [0.25, 0.3) is 0 Å². The molecule has 6 fully saturated rings. The Morgan fingerprint density at radius 2 is 0.596 bits per heavy atom. The summed E-state index contributed by atoms with van der Waals surface area (Å²) in [6.45, 7) is 6.27. The second kappa shape index (κ2) is 23.4. The third kappa shape index (κ3) is 15.7. The molecule has 0 amide bonds. The second-order valence-electron chi connectivity index (χ2n) is 17.8. The topological polar surface area (TPSA) is 0 Å². The summed E-state index contributed by atoms with van der Waals surface area (Å²) in [6.07, 6.45) is 49.5. The molecule has 6 saturated carbocycles. The van der Waals surface area contributed by atoms with E-state index in [2.05, 4.69) is 25.0 Å². The van der Waals surface area contributed by atoms with Gasteiger partial charge in [-0.15, -0.1) is 0 Å². The molecule has 0 heterocycles. The van der Waals surface area contributed by atoms with Gasteiger partial charge in [-0.05, 0) is 154 Å². The number of hydrogen-bond donors (Lipinski definition) is 0. The summed E-state index contributed by atoms with van der Waals surface area (Å²) in [5.41, 5.74) is 7.52. The SMILES string of the molecule is C1CCC([PH+](C2CCCCC2)C2CCCCC2)CC1.C1CCC([PH+](C2CCCCC2)C2CCCCC2)CC1.CC(C)(C)C=[C]=[Ru]([Cl])[Cl]. The number of halogens is 2. The van der Waals surface area contributed by atoms with Crippen molar-refractivity contribution in [2.24, 2.45) is 5.41 Å². The van der Waals surface area contributed by atoms with Gasteiger partial charge in [-0.1, -0.05) is 38.5 Å². The molecule has 0 aromatic heterocycles. The Bertz CT molecular complexity index is 731. The molecule has 6 aliphatic carbocycles. The Hall–Kier alpha value is 1.71. The maximum atomic E-state index is 5.55. The van der Waals surface area contributed by atoms with Crippen LogP contribution in [0.15, 0.2) is 6.08 Å². The molecule has 0 aliphatic heterocycles. The molecule has 0 bridgehead atoms. The van der Waals surface area contributed by atoms with E-state index in [4.69, 9.17) is 19.4 Å². The van der Waals surface area contributed by atoms with Gasteiger partial charge in [0.2, 0.25) is 0 Å². The summed E-state index contributed by atoms with van der Waals surface area (Å²) in [5.74, 6) is 0. The molecule has 0 unspecified atom stereocenters. The van der Waals surface area contributed by atoms with Crippen LogP contribution in [0.3, 0.4) is 0 Å². The van der Waals surface area contributed by atoms with E-state index >= 15 is 0 Å². The van der Waals surface area contributed by atoms with Gasteiger partial charge < -0.3 is 0 Å². The number of allylic oxidation sites excluding steroid dienone is 1. The molecule has 276 valence electrons. The summed E-state index contributed by atoms with van der Waals surface area (Å²) >= 11 is -1.67. The molecule has 0 N–H and O–H groups in total. The van der Waals surface area contributed by atoms with E-state index in [9.17, 15) is 0 Å². The predicted molar refractivity (Wildman–Crippen MR) is 219 cm³/mol. The molecule has 0 aromatic rings. The van der Waals surface area contributed by atoms with Gasteiger partial charge in [0.05, 0.1) is 34.0 Å². The van der Waals surface area contributed by atoms with Gasteiger partial charge in [-0.3, -0.25) is 0 Å². The Kier molecular flexibility index (Phi) is 20.6. The summed E-state index contributed by atoms with van der Waals surface area (Å²) in [4.78, 5) is 0. The molecular weight excluding hydrogens is 738 g/mol. The maximum absolute atomic E-state index is 5.55. The fourth-order valence-corrected chi connectivity index (χ4v) is 22.7. The Labute approximate surface area is 309 Å². The third-order valence-corrected chi connectivity index (χ3v) is 23.7. The molecule has 5 heteroatoms. The van der Waals surface area contributed by atoms with E-state index in [-0.39, 0.29) is 21.3 Å². The van der Waals surface area contributed by atoms with E-state index in [1.165, 1.54) is 34.0 Å². The standard InChI is InChI=1S/2C18H33P.C6H10.2ClH.Ru/c2*1-4-10-16(11-5-1)19(17-12-6-2-7-13-17)18-14-8-3-9-15-18;1-5-6(2,3)4;;;/h2*16-18H,1-15H2;5H,2-4H3;2*1H;/q;;;;;+2. The predicted octanol–water partition coefficient (Wildman–Crippen LogP) is 15.3. The van der Waals surface area contributed by atoms with Gasteiger partial charge in [-0.25, -0.2) is 0 Å². The van der Waals surface area contributed by atoms with Crippen LogP contribution in [-0.2, 0) is 13.5 Å². The fraction of sp³-hybridized carbons (Fsp3) is 0.952. The number of hydrogen-bond acceptors (Lipinski definition) is 0. The second-order valence-corrected chi connectivity index (χ2v) is 30.1. The van der Waals surface area contributed by atoms with Crippen LogP contribution in [0, 0.1) is 5.41 Å². The molecule has 0 spiro atoms. The quantitative estimate of drug-likeness (QED) is 0.185. The molecule has 6 rings (SSSR count). The van der Waals surface area contributed by atoms with Crippen LogP contribution >= 0.6 is 35.2 Å². The van der Waals surface area contributed by atoms with Crippen molar-refractivity contribution in [2.45, 2.75) is 247 Å². The van der Waals surface area contributed by atoms with Crippen LogP contribution in [0.2, 0.25) is 0 Å². The van der Waals surface area contributed by atoms with Gasteiger partial charge in [0, 0.05) is 15.8 Å². The van der Waals surface area contributed by atoms with Gasteiger partial charge in [0.25, 0.3) is 0 Å². The molecule has 0 aromatic carbocycles. The summed E-state index contributed by atoms with van der Waals surface area (Å²) in [7, 11) is 11.0. The first kappa shape index (κ1) is 41.5. The zero-order chi connectivity index (χ0) is 33.3. The molecule has 0 atom stereocenters. The molecule has 0 saturated heterocycles. The van der Waals surface area contributed by atoms with Crippen LogP contribution in [-0.4, -0.2) is 38.2 Å². The van der Waals surface area contributed by atoms with Crippen molar-refractivity contribution in [1.82, 2.24) is 0 Å². The first-order chi connectivity index (χ1) is 22.8. The average Bonchev–Trinajstić information content (AvgIpc) is 3.11. The summed E-state index contributed by atoms with van der Waals surface area (Å²) in [5, 5.41) is 0. The van der Waals surface area contributed by atoms with Crippen molar-refractivity contribution >= 4 is 39.5 Å². The van der Waals surface area contributed by atoms with Crippen molar-refractivity contribution in [3.8, 4) is 0 Å².